The number of hydrogen-bond acceptors (Lipinski definition) is 3. The largest absolute Gasteiger partial charge is 0.481 e. The number of amides is 1. The minimum atomic E-state index is -0.915. The van der Waals surface area contributed by atoms with E-state index in [1.807, 2.05) is 32.0 Å². The summed E-state index contributed by atoms with van der Waals surface area (Å²) in [5.41, 5.74) is -0.915. The number of aliphatic hydroxyl groups is 1. The molecule has 19 heavy (non-hydrogen) atoms. The van der Waals surface area contributed by atoms with Gasteiger partial charge < -0.3 is 15.2 Å². The highest BCUT2D eigenvalue weighted by molar-refractivity contribution is 5.80. The van der Waals surface area contributed by atoms with E-state index in [0.29, 0.717) is 5.75 Å². The van der Waals surface area contributed by atoms with Gasteiger partial charge in [-0.15, -0.1) is 0 Å². The maximum atomic E-state index is 11.9. The van der Waals surface area contributed by atoms with Gasteiger partial charge in [0, 0.05) is 6.54 Å². The quantitative estimate of drug-likeness (QED) is 0.827. The van der Waals surface area contributed by atoms with E-state index in [0.717, 1.165) is 0 Å². The van der Waals surface area contributed by atoms with Gasteiger partial charge in [0.2, 0.25) is 0 Å². The molecule has 0 aliphatic rings. The SMILES string of the molecule is CC(Oc1ccccc1)C(=O)NCC(C)(O)C(C)C. The lowest BCUT2D eigenvalue weighted by Crippen LogP contribution is -2.47. The molecule has 0 aliphatic carbocycles. The molecule has 4 nitrogen and oxygen atoms in total. The smallest absolute Gasteiger partial charge is 0.260 e. The molecule has 2 atom stereocenters. The molecule has 0 radical (unpaired) electrons. The normalized spacial score (nSPS) is 15.7. The molecule has 2 unspecified atom stereocenters. The second-order valence-electron chi connectivity index (χ2n) is 5.30. The molecule has 0 aliphatic heterocycles. The second kappa shape index (κ2) is 6.57. The average molecular weight is 265 g/mol. The van der Waals surface area contributed by atoms with E-state index in [2.05, 4.69) is 5.32 Å². The lowest BCUT2D eigenvalue weighted by atomic mass is 9.92. The summed E-state index contributed by atoms with van der Waals surface area (Å²) in [7, 11) is 0. The summed E-state index contributed by atoms with van der Waals surface area (Å²) in [5.74, 6) is 0.490. The first-order valence-corrected chi connectivity index (χ1v) is 6.54. The standard InChI is InChI=1S/C15H23NO3/c1-11(2)15(4,18)10-16-14(17)12(3)19-13-8-6-5-7-9-13/h5-9,11-12,18H,10H2,1-4H3,(H,16,17). The van der Waals surface area contributed by atoms with Crippen LogP contribution in [0, 0.1) is 5.92 Å². The monoisotopic (exact) mass is 265 g/mol. The molecule has 2 N–H and O–H groups in total. The van der Waals surface area contributed by atoms with Crippen LogP contribution >= 0.6 is 0 Å². The molecular weight excluding hydrogens is 242 g/mol. The van der Waals surface area contributed by atoms with Crippen LogP contribution < -0.4 is 10.1 Å². The van der Waals surface area contributed by atoms with E-state index in [4.69, 9.17) is 4.74 Å². The second-order valence-corrected chi connectivity index (χ2v) is 5.30. The van der Waals surface area contributed by atoms with Gasteiger partial charge in [0.1, 0.15) is 5.75 Å². The van der Waals surface area contributed by atoms with Gasteiger partial charge in [-0.05, 0) is 31.9 Å². The number of carbonyl (C=O) groups excluding carboxylic acids is 1. The van der Waals surface area contributed by atoms with Crippen molar-refractivity contribution in [3.8, 4) is 5.75 Å². The maximum Gasteiger partial charge on any atom is 0.260 e. The Balaban J connectivity index is 2.46. The van der Waals surface area contributed by atoms with Gasteiger partial charge in [0.25, 0.3) is 5.91 Å². The van der Waals surface area contributed by atoms with Crippen LogP contribution in [0.25, 0.3) is 0 Å². The molecule has 0 spiro atoms. The molecule has 4 heteroatoms. The highest BCUT2D eigenvalue weighted by Gasteiger charge is 2.26. The summed E-state index contributed by atoms with van der Waals surface area (Å²) in [6.07, 6.45) is -0.592. The minimum Gasteiger partial charge on any atom is -0.481 e. The fraction of sp³-hybridized carbons (Fsp3) is 0.533. The van der Waals surface area contributed by atoms with Crippen molar-refractivity contribution in [3.63, 3.8) is 0 Å². The van der Waals surface area contributed by atoms with Crippen LogP contribution in [0.3, 0.4) is 0 Å². The van der Waals surface area contributed by atoms with Gasteiger partial charge in [-0.3, -0.25) is 4.79 Å². The molecule has 1 aromatic carbocycles. The van der Waals surface area contributed by atoms with E-state index in [1.165, 1.54) is 0 Å². The summed E-state index contributed by atoms with van der Waals surface area (Å²) in [4.78, 5) is 11.9. The first-order chi connectivity index (χ1) is 8.83. The summed E-state index contributed by atoms with van der Waals surface area (Å²) < 4.78 is 5.51. The van der Waals surface area contributed by atoms with E-state index >= 15 is 0 Å². The van der Waals surface area contributed by atoms with Gasteiger partial charge >= 0.3 is 0 Å². The zero-order valence-corrected chi connectivity index (χ0v) is 12.0. The summed E-state index contributed by atoms with van der Waals surface area (Å²) >= 11 is 0. The Labute approximate surface area is 114 Å². The summed E-state index contributed by atoms with van der Waals surface area (Å²) in [5, 5.41) is 12.8. The predicted molar refractivity (Wildman–Crippen MR) is 75.0 cm³/mol. The highest BCUT2D eigenvalue weighted by Crippen LogP contribution is 2.15. The first kappa shape index (κ1) is 15.5. The predicted octanol–water partition coefficient (Wildman–Crippen LogP) is 1.98. The van der Waals surface area contributed by atoms with Crippen molar-refractivity contribution >= 4 is 5.91 Å². The van der Waals surface area contributed by atoms with Gasteiger partial charge in [-0.2, -0.15) is 0 Å². The Morgan fingerprint density at radius 2 is 1.89 bits per heavy atom. The molecule has 0 saturated carbocycles. The van der Waals surface area contributed by atoms with Crippen molar-refractivity contribution in [3.05, 3.63) is 30.3 Å². The van der Waals surface area contributed by atoms with Crippen LogP contribution in [-0.2, 0) is 4.79 Å². The third-order valence-corrected chi connectivity index (χ3v) is 3.29. The third-order valence-electron chi connectivity index (χ3n) is 3.29. The Kier molecular flexibility index (Phi) is 5.36. The van der Waals surface area contributed by atoms with Crippen LogP contribution in [0.4, 0.5) is 0 Å². The molecular formula is C15H23NO3. The molecule has 1 amide bonds. The Hall–Kier alpha value is -1.55. The fourth-order valence-corrected chi connectivity index (χ4v) is 1.37. The molecule has 1 rings (SSSR count). The van der Waals surface area contributed by atoms with Crippen molar-refractivity contribution in [2.24, 2.45) is 5.92 Å². The van der Waals surface area contributed by atoms with Gasteiger partial charge in [0.05, 0.1) is 5.60 Å². The number of nitrogens with one attached hydrogen (secondary N) is 1. The molecule has 0 aromatic heterocycles. The number of hydrogen-bond donors (Lipinski definition) is 2. The van der Waals surface area contributed by atoms with Crippen molar-refractivity contribution in [1.29, 1.82) is 0 Å². The first-order valence-electron chi connectivity index (χ1n) is 6.54. The number of para-hydroxylation sites is 1. The van der Waals surface area contributed by atoms with Crippen LogP contribution in [-0.4, -0.2) is 29.3 Å². The molecule has 106 valence electrons. The van der Waals surface area contributed by atoms with Crippen LogP contribution in [0.5, 0.6) is 5.75 Å². The summed E-state index contributed by atoms with van der Waals surface area (Å²) in [6.45, 7) is 7.44. The minimum absolute atomic E-state index is 0.0677. The molecule has 1 aromatic rings. The molecule has 0 bridgehead atoms. The van der Waals surface area contributed by atoms with E-state index < -0.39 is 11.7 Å². The van der Waals surface area contributed by atoms with Crippen molar-refractivity contribution < 1.29 is 14.6 Å². The average Bonchev–Trinajstić information content (AvgIpc) is 2.37. The van der Waals surface area contributed by atoms with Gasteiger partial charge in [0.15, 0.2) is 6.10 Å². The number of ether oxygens (including phenoxy) is 1. The maximum absolute atomic E-state index is 11.9. The Bertz CT molecular complexity index is 401. The van der Waals surface area contributed by atoms with E-state index in [1.54, 1.807) is 26.0 Å². The van der Waals surface area contributed by atoms with Crippen LogP contribution in [0.1, 0.15) is 27.7 Å². The van der Waals surface area contributed by atoms with Crippen molar-refractivity contribution in [1.82, 2.24) is 5.32 Å². The van der Waals surface area contributed by atoms with E-state index in [-0.39, 0.29) is 18.4 Å². The number of carbonyl (C=O) groups is 1. The molecule has 0 fully saturated rings. The van der Waals surface area contributed by atoms with Gasteiger partial charge in [-0.25, -0.2) is 0 Å². The zero-order valence-electron chi connectivity index (χ0n) is 12.0. The molecule has 0 heterocycles. The van der Waals surface area contributed by atoms with Crippen LogP contribution in [0.2, 0.25) is 0 Å². The summed E-state index contributed by atoms with van der Waals surface area (Å²) in [6, 6.07) is 9.19. The lowest BCUT2D eigenvalue weighted by molar-refractivity contribution is -0.128. The Morgan fingerprint density at radius 1 is 1.32 bits per heavy atom. The topological polar surface area (TPSA) is 58.6 Å². The van der Waals surface area contributed by atoms with Crippen molar-refractivity contribution in [2.75, 3.05) is 6.54 Å². The number of benzene rings is 1. The zero-order chi connectivity index (χ0) is 14.5. The lowest BCUT2D eigenvalue weighted by Gasteiger charge is -2.28. The Morgan fingerprint density at radius 3 is 2.42 bits per heavy atom. The van der Waals surface area contributed by atoms with Crippen molar-refractivity contribution in [2.45, 2.75) is 39.4 Å². The van der Waals surface area contributed by atoms with E-state index in [9.17, 15) is 9.90 Å². The molecule has 0 saturated heterocycles. The third kappa shape index (κ3) is 4.91. The fourth-order valence-electron chi connectivity index (χ4n) is 1.37. The van der Waals surface area contributed by atoms with Crippen LogP contribution in [0.15, 0.2) is 30.3 Å². The van der Waals surface area contributed by atoms with Gasteiger partial charge in [-0.1, -0.05) is 32.0 Å². The highest BCUT2D eigenvalue weighted by atomic mass is 16.5. The number of rotatable bonds is 6.